The molecule has 0 amide bonds. The summed E-state index contributed by atoms with van der Waals surface area (Å²) in [4.78, 5) is 0. The molecule has 2 aliphatic rings. The predicted octanol–water partition coefficient (Wildman–Crippen LogP) is 1.74. The maximum absolute atomic E-state index is 10.6. The van der Waals surface area contributed by atoms with E-state index in [0.29, 0.717) is 30.8 Å². The van der Waals surface area contributed by atoms with Gasteiger partial charge in [-0.05, 0) is 31.1 Å². The molecule has 12 heavy (non-hydrogen) atoms. The van der Waals surface area contributed by atoms with E-state index in [1.54, 1.807) is 0 Å². The summed E-state index contributed by atoms with van der Waals surface area (Å²) >= 11 is -1.29. The summed E-state index contributed by atoms with van der Waals surface area (Å²) in [6.07, 6.45) is 4.56. The summed E-state index contributed by atoms with van der Waals surface area (Å²) in [5.74, 6) is 1.26. The zero-order valence-electron chi connectivity index (χ0n) is 6.87. The van der Waals surface area contributed by atoms with E-state index in [1.807, 2.05) is 0 Å². The second-order valence-corrected chi connectivity index (χ2v) is 4.60. The van der Waals surface area contributed by atoms with E-state index in [9.17, 15) is 8.76 Å². The molecule has 2 saturated carbocycles. The first kappa shape index (κ1) is 11.4. The molecular weight excluding hydrogens is 384 g/mol. The standard InChI is InChI=1S/C7H12O2S.ClH.Hg/c8-10(9)7-4-5-1-2-6(7)3-5;;/h5-7H,1-4H2,(H,8,9);1H;/q;;+2/p-2/t5-,6+,7?;;/m0../s1. The average Bonchev–Trinajstić information content (AvgIpc) is 2.67. The number of hydrogen-bond donors (Lipinski definition) is 0. The summed E-state index contributed by atoms with van der Waals surface area (Å²) < 4.78 is 21.2. The van der Waals surface area contributed by atoms with E-state index in [1.165, 1.54) is 12.8 Å². The van der Waals surface area contributed by atoms with Crippen molar-refractivity contribution >= 4 is 19.3 Å². The number of rotatable bonds is 1. The van der Waals surface area contributed by atoms with E-state index < -0.39 is 11.1 Å². The molecule has 0 aromatic carbocycles. The molecule has 0 heterocycles. The van der Waals surface area contributed by atoms with Gasteiger partial charge >= 0.3 is 33.1 Å². The van der Waals surface area contributed by atoms with E-state index >= 15 is 0 Å². The Balaban J connectivity index is 0.000000336. The van der Waals surface area contributed by atoms with Gasteiger partial charge < -0.3 is 4.55 Å². The Morgan fingerprint density at radius 1 is 1.33 bits per heavy atom. The minimum atomic E-state index is -1.79. The Hall–Kier alpha value is 1.34. The van der Waals surface area contributed by atoms with Crippen LogP contribution in [0.25, 0.3) is 0 Å². The van der Waals surface area contributed by atoms with Crippen LogP contribution in [0.5, 0.6) is 0 Å². The molecule has 2 aliphatic carbocycles. The summed E-state index contributed by atoms with van der Waals surface area (Å²) in [6, 6.07) is 0. The van der Waals surface area contributed by atoms with Crippen molar-refractivity contribution < 1.29 is 33.6 Å². The molecule has 0 aromatic rings. The van der Waals surface area contributed by atoms with Crippen LogP contribution in [0, 0.1) is 11.8 Å². The van der Waals surface area contributed by atoms with Crippen LogP contribution in [-0.4, -0.2) is 14.0 Å². The molecule has 4 atom stereocenters. The van der Waals surface area contributed by atoms with Crippen molar-refractivity contribution in [2.75, 3.05) is 0 Å². The topological polar surface area (TPSA) is 40.1 Å². The van der Waals surface area contributed by atoms with Crippen molar-refractivity contribution in [3.05, 3.63) is 0 Å². The number of fused-ring (bicyclic) bond motifs is 2. The fraction of sp³-hybridized carbons (Fsp3) is 1.00. The fourth-order valence-corrected chi connectivity index (χ4v) is 3.41. The zero-order valence-corrected chi connectivity index (χ0v) is 13.9. The summed E-state index contributed by atoms with van der Waals surface area (Å²) in [7, 11) is 4.83. The average molecular weight is 395 g/mol. The first-order valence-electron chi connectivity index (χ1n) is 4.12. The molecule has 2 bridgehead atoms. The Labute approximate surface area is 95.1 Å². The van der Waals surface area contributed by atoms with Crippen LogP contribution in [0.15, 0.2) is 0 Å². The van der Waals surface area contributed by atoms with Crippen molar-refractivity contribution in [2.45, 2.75) is 30.9 Å². The summed E-state index contributed by atoms with van der Waals surface area (Å²) in [5.41, 5.74) is 0. The molecule has 0 aromatic heterocycles. The van der Waals surface area contributed by atoms with Crippen molar-refractivity contribution in [1.82, 2.24) is 0 Å². The monoisotopic (exact) mass is 396 g/mol. The van der Waals surface area contributed by atoms with E-state index in [-0.39, 0.29) is 5.25 Å². The molecule has 2 unspecified atom stereocenters. The number of halogens is 1. The van der Waals surface area contributed by atoms with Crippen LogP contribution >= 0.6 is 8.25 Å². The maximum atomic E-state index is 10.6. The molecule has 0 spiro atoms. The first-order chi connectivity index (χ1) is 5.77. The molecule has 2 nitrogen and oxygen atoms in total. The van der Waals surface area contributed by atoms with Gasteiger partial charge in [-0.15, -0.1) is 0 Å². The van der Waals surface area contributed by atoms with Crippen molar-refractivity contribution in [2.24, 2.45) is 11.8 Å². The Bertz CT molecular complexity index is 179. The van der Waals surface area contributed by atoms with Crippen LogP contribution in [-0.2, 0) is 36.0 Å². The molecule has 0 aliphatic heterocycles. The molecule has 2 fully saturated rings. The first-order valence-corrected chi connectivity index (χ1v) is 12.0. The van der Waals surface area contributed by atoms with Gasteiger partial charge in [0, 0.05) is 5.25 Å². The second kappa shape index (κ2) is 5.27. The summed E-state index contributed by atoms with van der Waals surface area (Å²) in [5, 5.41) is 0.0127. The van der Waals surface area contributed by atoms with Gasteiger partial charge in [0.15, 0.2) is 0 Å². The SMILES string of the molecule is O=S([O-])C1C[C@H]2CC[C@@H]1C2.[Cl][Hg+]. The molecule has 0 saturated heterocycles. The van der Waals surface area contributed by atoms with Crippen LogP contribution < -0.4 is 0 Å². The number of hydrogen-bond acceptors (Lipinski definition) is 2. The Kier molecular flexibility index (Phi) is 5.01. The van der Waals surface area contributed by atoms with Gasteiger partial charge in [-0.1, -0.05) is 17.5 Å². The third-order valence-corrected chi connectivity index (χ3v) is 3.99. The van der Waals surface area contributed by atoms with Gasteiger partial charge in [-0.2, -0.15) is 0 Å². The molecular formula is C7H11ClHgO2S. The molecule has 5 heteroatoms. The molecule has 2 rings (SSSR count). The molecule has 66 valence electrons. The van der Waals surface area contributed by atoms with Crippen molar-refractivity contribution in [3.63, 3.8) is 0 Å². The van der Waals surface area contributed by atoms with Crippen molar-refractivity contribution in [1.29, 1.82) is 0 Å². The van der Waals surface area contributed by atoms with E-state index in [0.717, 1.165) is 18.8 Å². The van der Waals surface area contributed by atoms with Gasteiger partial charge in [-0.25, -0.2) is 0 Å². The Morgan fingerprint density at radius 3 is 2.25 bits per heavy atom. The van der Waals surface area contributed by atoms with Crippen LogP contribution in [0.2, 0.25) is 0 Å². The fourth-order valence-electron chi connectivity index (χ4n) is 2.42. The van der Waals surface area contributed by atoms with Gasteiger partial charge in [0.25, 0.3) is 0 Å². The van der Waals surface area contributed by atoms with Gasteiger partial charge in [0.2, 0.25) is 0 Å². The van der Waals surface area contributed by atoms with Crippen molar-refractivity contribution in [3.8, 4) is 0 Å². The third-order valence-electron chi connectivity index (χ3n) is 2.92. The minimum absolute atomic E-state index is 0.0127. The van der Waals surface area contributed by atoms with Gasteiger partial charge in [0.1, 0.15) is 0 Å². The Morgan fingerprint density at radius 2 is 2.00 bits per heavy atom. The third kappa shape index (κ3) is 2.43. The second-order valence-electron chi connectivity index (χ2n) is 3.47. The van der Waals surface area contributed by atoms with E-state index in [2.05, 4.69) is 0 Å². The predicted molar refractivity (Wildman–Crippen MR) is 44.0 cm³/mol. The summed E-state index contributed by atoms with van der Waals surface area (Å²) in [6.45, 7) is 0. The normalized spacial score (nSPS) is 40.5. The van der Waals surface area contributed by atoms with Gasteiger partial charge in [0.05, 0.1) is 0 Å². The van der Waals surface area contributed by atoms with E-state index in [4.69, 9.17) is 8.25 Å². The molecule has 0 radical (unpaired) electrons. The molecule has 0 N–H and O–H groups in total. The van der Waals surface area contributed by atoms with Crippen LogP contribution in [0.3, 0.4) is 0 Å². The zero-order chi connectivity index (χ0) is 9.14. The van der Waals surface area contributed by atoms with Gasteiger partial charge in [-0.3, -0.25) is 4.21 Å². The van der Waals surface area contributed by atoms with Crippen LogP contribution in [0.1, 0.15) is 25.7 Å². The quantitative estimate of drug-likeness (QED) is 0.502. The van der Waals surface area contributed by atoms with Crippen LogP contribution in [0.4, 0.5) is 0 Å².